The molecule has 0 amide bonds. The van der Waals surface area contributed by atoms with Gasteiger partial charge in [-0.1, -0.05) is 0 Å². The van der Waals surface area contributed by atoms with Crippen molar-refractivity contribution in [1.82, 2.24) is 20.1 Å². The summed E-state index contributed by atoms with van der Waals surface area (Å²) in [5.41, 5.74) is 0. The molecule has 0 radical (unpaired) electrons. The maximum absolute atomic E-state index is 11.2. The molecule has 0 saturated carbocycles. The highest BCUT2D eigenvalue weighted by atomic mass is 32.2. The van der Waals surface area contributed by atoms with E-state index in [4.69, 9.17) is 0 Å². The third-order valence-electron chi connectivity index (χ3n) is 2.91. The van der Waals surface area contributed by atoms with E-state index in [1.165, 1.54) is 0 Å². The SMILES string of the molecule is Cn1cnnc1CNC1CCS(=O)(=O)CC1. The number of hydrogen-bond acceptors (Lipinski definition) is 5. The van der Waals surface area contributed by atoms with Crippen molar-refractivity contribution in [2.24, 2.45) is 7.05 Å². The van der Waals surface area contributed by atoms with Gasteiger partial charge in [0.2, 0.25) is 0 Å². The number of sulfone groups is 1. The molecule has 1 N–H and O–H groups in total. The molecule has 2 heterocycles. The van der Waals surface area contributed by atoms with E-state index in [1.807, 2.05) is 11.6 Å². The smallest absolute Gasteiger partial charge is 0.150 e. The molecule has 2 rings (SSSR count). The van der Waals surface area contributed by atoms with Crippen LogP contribution in [0.25, 0.3) is 0 Å². The minimum absolute atomic E-state index is 0.278. The van der Waals surface area contributed by atoms with Crippen molar-refractivity contribution in [3.8, 4) is 0 Å². The van der Waals surface area contributed by atoms with Crippen molar-refractivity contribution >= 4 is 9.84 Å². The Hall–Kier alpha value is -0.950. The molecule has 7 heteroatoms. The highest BCUT2D eigenvalue weighted by Gasteiger charge is 2.23. The largest absolute Gasteiger partial charge is 0.320 e. The summed E-state index contributed by atoms with van der Waals surface area (Å²) in [5, 5.41) is 11.1. The van der Waals surface area contributed by atoms with Gasteiger partial charge in [-0.2, -0.15) is 0 Å². The lowest BCUT2D eigenvalue weighted by Gasteiger charge is -2.22. The molecule has 6 nitrogen and oxygen atoms in total. The molecule has 1 fully saturated rings. The molecule has 0 aliphatic carbocycles. The second-order valence-corrected chi connectivity index (χ2v) is 6.47. The zero-order valence-electron chi connectivity index (χ0n) is 9.26. The van der Waals surface area contributed by atoms with Gasteiger partial charge in [0.15, 0.2) is 0 Å². The normalized spacial score (nSPS) is 21.1. The van der Waals surface area contributed by atoms with Crippen LogP contribution in [0.2, 0.25) is 0 Å². The van der Waals surface area contributed by atoms with Gasteiger partial charge < -0.3 is 9.88 Å². The van der Waals surface area contributed by atoms with Crippen LogP contribution in [0.15, 0.2) is 6.33 Å². The molecule has 0 aromatic carbocycles. The van der Waals surface area contributed by atoms with Gasteiger partial charge in [0.25, 0.3) is 0 Å². The number of aromatic nitrogens is 3. The number of hydrogen-bond donors (Lipinski definition) is 1. The van der Waals surface area contributed by atoms with Gasteiger partial charge in [0.1, 0.15) is 22.0 Å². The average molecular weight is 244 g/mol. The van der Waals surface area contributed by atoms with Gasteiger partial charge in [-0.15, -0.1) is 10.2 Å². The van der Waals surface area contributed by atoms with Crippen molar-refractivity contribution in [2.75, 3.05) is 11.5 Å². The van der Waals surface area contributed by atoms with E-state index >= 15 is 0 Å². The summed E-state index contributed by atoms with van der Waals surface area (Å²) < 4.78 is 24.3. The second-order valence-electron chi connectivity index (χ2n) is 4.17. The monoisotopic (exact) mass is 244 g/mol. The van der Waals surface area contributed by atoms with Crippen molar-refractivity contribution in [2.45, 2.75) is 25.4 Å². The van der Waals surface area contributed by atoms with Crippen molar-refractivity contribution in [1.29, 1.82) is 0 Å². The van der Waals surface area contributed by atoms with Crippen LogP contribution in [-0.4, -0.2) is 40.7 Å². The predicted molar refractivity (Wildman–Crippen MR) is 59.5 cm³/mol. The van der Waals surface area contributed by atoms with E-state index in [1.54, 1.807) is 6.33 Å². The summed E-state index contributed by atoms with van der Waals surface area (Å²) in [4.78, 5) is 0. The lowest BCUT2D eigenvalue weighted by atomic mass is 10.1. The van der Waals surface area contributed by atoms with Gasteiger partial charge in [0.05, 0.1) is 18.1 Å². The molecule has 0 spiro atoms. The maximum atomic E-state index is 11.2. The summed E-state index contributed by atoms with van der Waals surface area (Å²) in [6.07, 6.45) is 3.04. The molecule has 0 atom stereocenters. The summed E-state index contributed by atoms with van der Waals surface area (Å²) >= 11 is 0. The Morgan fingerprint density at radius 3 is 2.75 bits per heavy atom. The summed E-state index contributed by atoms with van der Waals surface area (Å²) in [5.74, 6) is 1.46. The zero-order chi connectivity index (χ0) is 11.6. The van der Waals surface area contributed by atoms with Crippen LogP contribution in [0, 0.1) is 0 Å². The molecule has 1 aliphatic rings. The third kappa shape index (κ3) is 2.79. The van der Waals surface area contributed by atoms with Gasteiger partial charge in [0, 0.05) is 13.1 Å². The number of rotatable bonds is 3. The minimum Gasteiger partial charge on any atom is -0.320 e. The third-order valence-corrected chi connectivity index (χ3v) is 4.62. The van der Waals surface area contributed by atoms with E-state index in [9.17, 15) is 8.42 Å². The highest BCUT2D eigenvalue weighted by Crippen LogP contribution is 2.12. The molecule has 1 aromatic rings. The van der Waals surface area contributed by atoms with E-state index in [-0.39, 0.29) is 6.04 Å². The summed E-state index contributed by atoms with van der Waals surface area (Å²) in [6.45, 7) is 0.640. The van der Waals surface area contributed by atoms with Crippen LogP contribution in [0.3, 0.4) is 0 Å². The van der Waals surface area contributed by atoms with Crippen molar-refractivity contribution < 1.29 is 8.42 Å². The lowest BCUT2D eigenvalue weighted by molar-refractivity contribution is 0.453. The van der Waals surface area contributed by atoms with Crippen LogP contribution in [0.1, 0.15) is 18.7 Å². The topological polar surface area (TPSA) is 76.9 Å². The number of nitrogens with one attached hydrogen (secondary N) is 1. The molecule has 16 heavy (non-hydrogen) atoms. The lowest BCUT2D eigenvalue weighted by Crippen LogP contribution is -2.37. The Balaban J connectivity index is 1.82. The van der Waals surface area contributed by atoms with Crippen LogP contribution >= 0.6 is 0 Å². The van der Waals surface area contributed by atoms with Gasteiger partial charge >= 0.3 is 0 Å². The quantitative estimate of drug-likeness (QED) is 0.774. The minimum atomic E-state index is -2.77. The highest BCUT2D eigenvalue weighted by molar-refractivity contribution is 7.91. The number of nitrogens with zero attached hydrogens (tertiary/aromatic N) is 3. The van der Waals surface area contributed by atoms with Crippen molar-refractivity contribution in [3.63, 3.8) is 0 Å². The average Bonchev–Trinajstić information content (AvgIpc) is 2.63. The molecule has 1 saturated heterocycles. The van der Waals surface area contributed by atoms with E-state index in [0.29, 0.717) is 30.9 Å². The van der Waals surface area contributed by atoms with Gasteiger partial charge in [-0.05, 0) is 12.8 Å². The summed E-state index contributed by atoms with van der Waals surface area (Å²) in [7, 11) is -0.878. The Labute approximate surface area is 95.0 Å². The molecule has 90 valence electrons. The first kappa shape index (κ1) is 11.5. The van der Waals surface area contributed by atoms with Gasteiger partial charge in [-0.3, -0.25) is 0 Å². The predicted octanol–water partition coefficient (Wildman–Crippen LogP) is -0.518. The Bertz CT molecular complexity index is 440. The maximum Gasteiger partial charge on any atom is 0.150 e. The van der Waals surface area contributed by atoms with E-state index in [2.05, 4.69) is 15.5 Å². The zero-order valence-corrected chi connectivity index (χ0v) is 10.1. The fourth-order valence-electron chi connectivity index (χ4n) is 1.80. The first-order valence-electron chi connectivity index (χ1n) is 5.33. The fourth-order valence-corrected chi connectivity index (χ4v) is 3.29. The molecular weight excluding hydrogens is 228 g/mol. The molecule has 1 aliphatic heterocycles. The molecular formula is C9H16N4O2S. The first-order chi connectivity index (χ1) is 7.57. The summed E-state index contributed by atoms with van der Waals surface area (Å²) in [6, 6.07) is 0.278. The second kappa shape index (κ2) is 4.50. The van der Waals surface area contributed by atoms with Crippen molar-refractivity contribution in [3.05, 3.63) is 12.2 Å². The Kier molecular flexibility index (Phi) is 3.25. The number of aryl methyl sites for hydroxylation is 1. The molecule has 0 bridgehead atoms. The van der Waals surface area contributed by atoms with Crippen LogP contribution < -0.4 is 5.32 Å². The van der Waals surface area contributed by atoms with Gasteiger partial charge in [-0.25, -0.2) is 8.42 Å². The molecule has 0 unspecified atom stereocenters. The van der Waals surface area contributed by atoms with Crippen LogP contribution in [0.4, 0.5) is 0 Å². The standard InChI is InChI=1S/C9H16N4O2S/c1-13-7-11-12-9(13)6-10-8-2-4-16(14,15)5-3-8/h7-8,10H,2-6H2,1H3. The molecule has 1 aromatic heterocycles. The Morgan fingerprint density at radius 2 is 2.19 bits per heavy atom. The van der Waals surface area contributed by atoms with E-state index in [0.717, 1.165) is 5.82 Å². The van der Waals surface area contributed by atoms with E-state index < -0.39 is 9.84 Å². The Morgan fingerprint density at radius 1 is 1.50 bits per heavy atom. The fraction of sp³-hybridized carbons (Fsp3) is 0.778. The first-order valence-corrected chi connectivity index (χ1v) is 7.16. The van der Waals surface area contributed by atoms with Crippen LogP contribution in [0.5, 0.6) is 0 Å². The van der Waals surface area contributed by atoms with Crippen LogP contribution in [-0.2, 0) is 23.4 Å².